The second kappa shape index (κ2) is 4.47. The lowest BCUT2D eigenvalue weighted by atomic mass is 10.00. The minimum absolute atomic E-state index is 0.239. The van der Waals surface area contributed by atoms with Crippen LogP contribution in [-0.4, -0.2) is 23.7 Å². The fourth-order valence-corrected chi connectivity index (χ4v) is 5.51. The Bertz CT molecular complexity index is 361. The minimum atomic E-state index is -0.318. The standard InChI is InChI=1S/C16H25NO2/c18-12(9-3-1-2-4-9)8-17-16(19)15-13-10-5-6-11(7-10)14(13)15/h9-15,18H,1-8H2,(H,17,19). The summed E-state index contributed by atoms with van der Waals surface area (Å²) in [6, 6.07) is 0. The highest BCUT2D eigenvalue weighted by Crippen LogP contribution is 2.69. The van der Waals surface area contributed by atoms with E-state index in [4.69, 9.17) is 0 Å². The minimum Gasteiger partial charge on any atom is -0.391 e. The summed E-state index contributed by atoms with van der Waals surface area (Å²) in [6.45, 7) is 0.481. The van der Waals surface area contributed by atoms with Gasteiger partial charge in [0.2, 0.25) is 5.91 Å². The van der Waals surface area contributed by atoms with Gasteiger partial charge in [-0.05, 0) is 61.7 Å². The van der Waals surface area contributed by atoms with Gasteiger partial charge < -0.3 is 10.4 Å². The van der Waals surface area contributed by atoms with E-state index in [1.54, 1.807) is 0 Å². The van der Waals surface area contributed by atoms with E-state index in [1.807, 2.05) is 0 Å². The van der Waals surface area contributed by atoms with Gasteiger partial charge in [0.05, 0.1) is 6.10 Å². The van der Waals surface area contributed by atoms with Gasteiger partial charge >= 0.3 is 0 Å². The van der Waals surface area contributed by atoms with Crippen LogP contribution in [0.15, 0.2) is 0 Å². The van der Waals surface area contributed by atoms with Gasteiger partial charge in [0.25, 0.3) is 0 Å². The van der Waals surface area contributed by atoms with Crippen LogP contribution in [0.2, 0.25) is 0 Å². The Labute approximate surface area is 115 Å². The Morgan fingerprint density at radius 1 is 1.11 bits per heavy atom. The van der Waals surface area contributed by atoms with Crippen molar-refractivity contribution in [1.29, 1.82) is 0 Å². The molecule has 0 aromatic rings. The summed E-state index contributed by atoms with van der Waals surface area (Å²) in [7, 11) is 0. The summed E-state index contributed by atoms with van der Waals surface area (Å²) in [5.74, 6) is 4.10. The van der Waals surface area contributed by atoms with Crippen LogP contribution in [0.5, 0.6) is 0 Å². The Hall–Kier alpha value is -0.570. The quantitative estimate of drug-likeness (QED) is 0.814. The lowest BCUT2D eigenvalue weighted by molar-refractivity contribution is -0.123. The SMILES string of the molecule is O=C(NCC(O)C1CCCC1)C1C2C3CCC(C3)C12. The van der Waals surface area contributed by atoms with E-state index in [1.165, 1.54) is 32.1 Å². The molecule has 2 N–H and O–H groups in total. The van der Waals surface area contributed by atoms with Crippen molar-refractivity contribution >= 4 is 5.91 Å². The smallest absolute Gasteiger partial charge is 0.223 e. The van der Waals surface area contributed by atoms with Crippen LogP contribution in [0.1, 0.15) is 44.9 Å². The van der Waals surface area contributed by atoms with Crippen molar-refractivity contribution in [2.24, 2.45) is 35.5 Å². The van der Waals surface area contributed by atoms with E-state index in [-0.39, 0.29) is 12.0 Å². The van der Waals surface area contributed by atoms with Gasteiger partial charge in [0, 0.05) is 12.5 Å². The average molecular weight is 263 g/mol. The number of fused-ring (bicyclic) bond motifs is 5. The highest BCUT2D eigenvalue weighted by Gasteiger charge is 2.67. The van der Waals surface area contributed by atoms with E-state index in [0.29, 0.717) is 30.2 Å². The summed E-state index contributed by atoms with van der Waals surface area (Å²) in [6.07, 6.45) is 8.55. The molecule has 2 bridgehead atoms. The molecule has 0 aromatic carbocycles. The van der Waals surface area contributed by atoms with Crippen molar-refractivity contribution in [3.63, 3.8) is 0 Å². The molecule has 4 fully saturated rings. The van der Waals surface area contributed by atoms with Gasteiger partial charge in [0.1, 0.15) is 0 Å². The maximum Gasteiger partial charge on any atom is 0.223 e. The first-order valence-corrected chi connectivity index (χ1v) is 8.21. The molecule has 0 radical (unpaired) electrons. The number of aliphatic hydroxyl groups excluding tert-OH is 1. The number of aliphatic hydroxyl groups is 1. The van der Waals surface area contributed by atoms with Gasteiger partial charge in [-0.25, -0.2) is 0 Å². The molecule has 0 spiro atoms. The molecule has 4 saturated carbocycles. The third kappa shape index (κ3) is 1.93. The molecule has 0 heterocycles. The second-order valence-corrected chi connectivity index (χ2v) is 7.37. The summed E-state index contributed by atoms with van der Waals surface area (Å²) in [5, 5.41) is 13.1. The zero-order valence-corrected chi connectivity index (χ0v) is 11.6. The highest BCUT2D eigenvalue weighted by atomic mass is 16.3. The van der Waals surface area contributed by atoms with Crippen LogP contribution >= 0.6 is 0 Å². The first kappa shape index (κ1) is 12.2. The highest BCUT2D eigenvalue weighted by molar-refractivity contribution is 5.82. The van der Waals surface area contributed by atoms with Crippen molar-refractivity contribution in [1.82, 2.24) is 5.32 Å². The number of carbonyl (C=O) groups excluding carboxylic acids is 1. The molecule has 4 rings (SSSR count). The Morgan fingerprint density at radius 2 is 1.74 bits per heavy atom. The van der Waals surface area contributed by atoms with Crippen LogP contribution in [0.4, 0.5) is 0 Å². The number of hydrogen-bond donors (Lipinski definition) is 2. The zero-order chi connectivity index (χ0) is 13.0. The van der Waals surface area contributed by atoms with Gasteiger partial charge in [-0.3, -0.25) is 4.79 Å². The van der Waals surface area contributed by atoms with E-state index in [0.717, 1.165) is 24.7 Å². The van der Waals surface area contributed by atoms with Crippen LogP contribution in [0.3, 0.4) is 0 Å². The third-order valence-electron chi connectivity index (χ3n) is 6.47. The molecule has 1 amide bonds. The zero-order valence-electron chi connectivity index (χ0n) is 11.6. The van der Waals surface area contributed by atoms with Crippen LogP contribution in [-0.2, 0) is 4.79 Å². The molecule has 4 aliphatic rings. The molecular formula is C16H25NO2. The fraction of sp³-hybridized carbons (Fsp3) is 0.938. The normalized spacial score (nSPS) is 45.2. The summed E-state index contributed by atoms with van der Waals surface area (Å²) < 4.78 is 0. The molecule has 5 unspecified atom stereocenters. The fourth-order valence-electron chi connectivity index (χ4n) is 5.51. The molecule has 3 heteroatoms. The molecule has 0 aliphatic heterocycles. The van der Waals surface area contributed by atoms with Crippen LogP contribution < -0.4 is 5.32 Å². The Kier molecular flexibility index (Phi) is 2.87. The largest absolute Gasteiger partial charge is 0.391 e. The Morgan fingerprint density at radius 3 is 2.37 bits per heavy atom. The molecule has 0 saturated heterocycles. The first-order valence-electron chi connectivity index (χ1n) is 8.21. The van der Waals surface area contributed by atoms with Crippen molar-refractivity contribution in [2.45, 2.75) is 51.0 Å². The van der Waals surface area contributed by atoms with Gasteiger partial charge in [0.15, 0.2) is 0 Å². The van der Waals surface area contributed by atoms with E-state index in [9.17, 15) is 9.90 Å². The van der Waals surface area contributed by atoms with Crippen molar-refractivity contribution in [2.75, 3.05) is 6.54 Å². The van der Waals surface area contributed by atoms with Crippen molar-refractivity contribution in [3.05, 3.63) is 0 Å². The number of hydrogen-bond acceptors (Lipinski definition) is 2. The van der Waals surface area contributed by atoms with E-state index >= 15 is 0 Å². The van der Waals surface area contributed by atoms with Gasteiger partial charge in [-0.2, -0.15) is 0 Å². The molecule has 4 aliphatic carbocycles. The number of amides is 1. The van der Waals surface area contributed by atoms with E-state index in [2.05, 4.69) is 5.32 Å². The second-order valence-electron chi connectivity index (χ2n) is 7.37. The average Bonchev–Trinajstić information content (AvgIpc) is 2.86. The van der Waals surface area contributed by atoms with Crippen molar-refractivity contribution < 1.29 is 9.90 Å². The summed E-state index contributed by atoms with van der Waals surface area (Å²) in [4.78, 5) is 12.2. The van der Waals surface area contributed by atoms with Crippen molar-refractivity contribution in [3.8, 4) is 0 Å². The maximum atomic E-state index is 12.2. The number of nitrogens with one attached hydrogen (secondary N) is 1. The molecule has 5 atom stereocenters. The summed E-state index contributed by atoms with van der Waals surface area (Å²) in [5.41, 5.74) is 0. The topological polar surface area (TPSA) is 49.3 Å². The summed E-state index contributed by atoms with van der Waals surface area (Å²) >= 11 is 0. The maximum absolute atomic E-state index is 12.2. The number of carbonyl (C=O) groups is 1. The molecular weight excluding hydrogens is 238 g/mol. The lowest BCUT2D eigenvalue weighted by Crippen LogP contribution is -2.37. The number of rotatable bonds is 4. The van der Waals surface area contributed by atoms with Crippen LogP contribution in [0, 0.1) is 35.5 Å². The molecule has 19 heavy (non-hydrogen) atoms. The van der Waals surface area contributed by atoms with E-state index < -0.39 is 0 Å². The molecule has 0 aromatic heterocycles. The van der Waals surface area contributed by atoms with Gasteiger partial charge in [-0.15, -0.1) is 0 Å². The first-order chi connectivity index (χ1) is 9.25. The molecule has 3 nitrogen and oxygen atoms in total. The predicted octanol–water partition coefficient (Wildman–Crippen LogP) is 1.95. The van der Waals surface area contributed by atoms with Gasteiger partial charge in [-0.1, -0.05) is 12.8 Å². The monoisotopic (exact) mass is 263 g/mol. The predicted molar refractivity (Wildman–Crippen MR) is 72.3 cm³/mol. The van der Waals surface area contributed by atoms with Crippen LogP contribution in [0.25, 0.3) is 0 Å². The lowest BCUT2D eigenvalue weighted by Gasteiger charge is -2.18. The third-order valence-corrected chi connectivity index (χ3v) is 6.47. The Balaban J connectivity index is 1.27. The molecule has 106 valence electrons.